The van der Waals surface area contributed by atoms with Crippen LogP contribution in [0.25, 0.3) is 11.3 Å². The molecule has 0 aliphatic heterocycles. The van der Waals surface area contributed by atoms with E-state index in [2.05, 4.69) is 32.9 Å². The van der Waals surface area contributed by atoms with Crippen molar-refractivity contribution in [2.24, 2.45) is 0 Å². The smallest absolute Gasteiger partial charge is 0.211 e. The van der Waals surface area contributed by atoms with E-state index in [9.17, 15) is 4.39 Å². The van der Waals surface area contributed by atoms with Crippen LogP contribution >= 0.6 is 22.6 Å². The standard InChI is InChI=1S/C12H12FIN2O/c1-7(15-2)12-16-6-11(17-12)9-4-3-8(13)5-10(9)14/h3-7,15H,1-2H3. The van der Waals surface area contributed by atoms with Gasteiger partial charge in [-0.2, -0.15) is 0 Å². The van der Waals surface area contributed by atoms with E-state index >= 15 is 0 Å². The first-order chi connectivity index (χ1) is 8.11. The van der Waals surface area contributed by atoms with E-state index in [0.717, 1.165) is 9.13 Å². The van der Waals surface area contributed by atoms with E-state index in [0.29, 0.717) is 11.7 Å². The van der Waals surface area contributed by atoms with E-state index in [1.165, 1.54) is 12.1 Å². The lowest BCUT2D eigenvalue weighted by molar-refractivity contribution is 0.441. The highest BCUT2D eigenvalue weighted by Gasteiger charge is 2.13. The van der Waals surface area contributed by atoms with Crippen molar-refractivity contribution in [3.8, 4) is 11.3 Å². The second-order valence-corrected chi connectivity index (χ2v) is 4.86. The molecule has 0 aliphatic rings. The average molecular weight is 346 g/mol. The molecule has 2 aromatic rings. The lowest BCUT2D eigenvalue weighted by Gasteiger charge is -2.04. The number of nitrogens with zero attached hydrogens (tertiary/aromatic N) is 1. The van der Waals surface area contributed by atoms with Gasteiger partial charge in [-0.25, -0.2) is 9.37 Å². The maximum Gasteiger partial charge on any atom is 0.211 e. The molecule has 2 rings (SSSR count). The Labute approximate surface area is 113 Å². The van der Waals surface area contributed by atoms with Crippen molar-refractivity contribution >= 4 is 22.6 Å². The Morgan fingerprint density at radius 3 is 2.88 bits per heavy atom. The Hall–Kier alpha value is -0.950. The van der Waals surface area contributed by atoms with Crippen molar-refractivity contribution in [3.05, 3.63) is 39.7 Å². The van der Waals surface area contributed by atoms with Crippen LogP contribution in [0.15, 0.2) is 28.8 Å². The molecule has 1 N–H and O–H groups in total. The number of hydrogen-bond acceptors (Lipinski definition) is 3. The second kappa shape index (κ2) is 5.14. The molecule has 1 aromatic carbocycles. The summed E-state index contributed by atoms with van der Waals surface area (Å²) in [6, 6.07) is 4.65. The molecular weight excluding hydrogens is 334 g/mol. The summed E-state index contributed by atoms with van der Waals surface area (Å²) < 4.78 is 19.4. The molecule has 5 heteroatoms. The summed E-state index contributed by atoms with van der Waals surface area (Å²) in [7, 11) is 1.84. The minimum atomic E-state index is -0.249. The van der Waals surface area contributed by atoms with Crippen LogP contribution in [0.4, 0.5) is 4.39 Å². The van der Waals surface area contributed by atoms with Gasteiger partial charge in [-0.15, -0.1) is 0 Å². The van der Waals surface area contributed by atoms with E-state index in [-0.39, 0.29) is 11.9 Å². The minimum absolute atomic E-state index is 0.0573. The summed E-state index contributed by atoms with van der Waals surface area (Å²) in [5, 5.41) is 3.05. The summed E-state index contributed by atoms with van der Waals surface area (Å²) in [5.74, 6) is 1.04. The maximum atomic E-state index is 13.0. The molecule has 17 heavy (non-hydrogen) atoms. The molecule has 0 radical (unpaired) electrons. The highest BCUT2D eigenvalue weighted by molar-refractivity contribution is 14.1. The molecule has 90 valence electrons. The van der Waals surface area contributed by atoms with Crippen molar-refractivity contribution < 1.29 is 8.81 Å². The SMILES string of the molecule is CNC(C)c1ncc(-c2ccc(F)cc2I)o1. The molecule has 1 heterocycles. The quantitative estimate of drug-likeness (QED) is 0.866. The van der Waals surface area contributed by atoms with Crippen LogP contribution in [-0.4, -0.2) is 12.0 Å². The van der Waals surface area contributed by atoms with Gasteiger partial charge >= 0.3 is 0 Å². The number of oxazole rings is 1. The zero-order valence-electron chi connectivity index (χ0n) is 9.50. The fourth-order valence-electron chi connectivity index (χ4n) is 1.43. The van der Waals surface area contributed by atoms with Crippen LogP contribution in [0.3, 0.4) is 0 Å². The van der Waals surface area contributed by atoms with E-state index in [4.69, 9.17) is 4.42 Å². The molecule has 3 nitrogen and oxygen atoms in total. The molecule has 0 saturated carbocycles. The van der Waals surface area contributed by atoms with E-state index in [1.807, 2.05) is 14.0 Å². The van der Waals surface area contributed by atoms with Gasteiger partial charge in [0.1, 0.15) is 5.82 Å². The third-order valence-corrected chi connectivity index (χ3v) is 3.42. The van der Waals surface area contributed by atoms with Crippen LogP contribution in [0.5, 0.6) is 0 Å². The Morgan fingerprint density at radius 1 is 1.47 bits per heavy atom. The Balaban J connectivity index is 2.37. The largest absolute Gasteiger partial charge is 0.439 e. The number of nitrogens with one attached hydrogen (secondary N) is 1. The van der Waals surface area contributed by atoms with Gasteiger partial charge in [-0.1, -0.05) is 0 Å². The molecule has 0 bridgehead atoms. The lowest BCUT2D eigenvalue weighted by Crippen LogP contribution is -2.12. The van der Waals surface area contributed by atoms with Crippen molar-refractivity contribution in [2.45, 2.75) is 13.0 Å². The van der Waals surface area contributed by atoms with Crippen LogP contribution in [-0.2, 0) is 0 Å². The molecule has 0 amide bonds. The summed E-state index contributed by atoms with van der Waals surface area (Å²) in [6.07, 6.45) is 1.67. The molecule has 0 fully saturated rings. The van der Waals surface area contributed by atoms with Gasteiger partial charge in [0.15, 0.2) is 5.76 Å². The molecule has 1 atom stereocenters. The Kier molecular flexibility index (Phi) is 3.78. The predicted molar refractivity (Wildman–Crippen MR) is 72.1 cm³/mol. The summed E-state index contributed by atoms with van der Waals surface area (Å²) in [4.78, 5) is 4.20. The van der Waals surface area contributed by atoms with Gasteiger partial charge in [0, 0.05) is 9.13 Å². The normalized spacial score (nSPS) is 12.7. The summed E-state index contributed by atoms with van der Waals surface area (Å²) in [5.41, 5.74) is 0.856. The predicted octanol–water partition coefficient (Wildman–Crippen LogP) is 3.37. The highest BCUT2D eigenvalue weighted by atomic mass is 127. The Morgan fingerprint density at radius 2 is 2.24 bits per heavy atom. The first kappa shape index (κ1) is 12.5. The van der Waals surface area contributed by atoms with Gasteiger partial charge in [-0.05, 0) is 54.8 Å². The van der Waals surface area contributed by atoms with Crippen LogP contribution in [0.1, 0.15) is 18.9 Å². The molecule has 1 aromatic heterocycles. The van der Waals surface area contributed by atoms with Gasteiger partial charge in [0.05, 0.1) is 12.2 Å². The van der Waals surface area contributed by atoms with Crippen LogP contribution in [0.2, 0.25) is 0 Å². The first-order valence-electron chi connectivity index (χ1n) is 5.20. The van der Waals surface area contributed by atoms with Crippen LogP contribution in [0, 0.1) is 9.39 Å². The van der Waals surface area contributed by atoms with Gasteiger partial charge < -0.3 is 9.73 Å². The maximum absolute atomic E-state index is 13.0. The van der Waals surface area contributed by atoms with E-state index < -0.39 is 0 Å². The number of halogens is 2. The van der Waals surface area contributed by atoms with Crippen molar-refractivity contribution in [1.29, 1.82) is 0 Å². The van der Waals surface area contributed by atoms with Crippen molar-refractivity contribution in [1.82, 2.24) is 10.3 Å². The molecule has 1 unspecified atom stereocenters. The Bertz CT molecular complexity index is 527. The topological polar surface area (TPSA) is 38.1 Å². The fraction of sp³-hybridized carbons (Fsp3) is 0.250. The zero-order chi connectivity index (χ0) is 12.4. The summed E-state index contributed by atoms with van der Waals surface area (Å²) in [6.45, 7) is 1.96. The molecular formula is C12H12FIN2O. The lowest BCUT2D eigenvalue weighted by atomic mass is 10.2. The third-order valence-electron chi connectivity index (χ3n) is 2.52. The van der Waals surface area contributed by atoms with Crippen molar-refractivity contribution in [3.63, 3.8) is 0 Å². The molecule has 0 saturated heterocycles. The molecule has 0 spiro atoms. The number of hydrogen-bond donors (Lipinski definition) is 1. The van der Waals surface area contributed by atoms with Gasteiger partial charge in [-0.3, -0.25) is 0 Å². The van der Waals surface area contributed by atoms with E-state index in [1.54, 1.807) is 12.3 Å². The second-order valence-electron chi connectivity index (χ2n) is 3.70. The highest BCUT2D eigenvalue weighted by Crippen LogP contribution is 2.27. The fourth-order valence-corrected chi connectivity index (χ4v) is 2.17. The number of aromatic nitrogens is 1. The zero-order valence-corrected chi connectivity index (χ0v) is 11.7. The third kappa shape index (κ3) is 2.66. The van der Waals surface area contributed by atoms with Gasteiger partial charge in [0.25, 0.3) is 0 Å². The monoisotopic (exact) mass is 346 g/mol. The number of rotatable bonds is 3. The number of benzene rings is 1. The van der Waals surface area contributed by atoms with Crippen LogP contribution < -0.4 is 5.32 Å². The minimum Gasteiger partial charge on any atom is -0.439 e. The molecule has 0 aliphatic carbocycles. The summed E-state index contributed by atoms with van der Waals surface area (Å²) >= 11 is 2.08. The average Bonchev–Trinajstić information content (AvgIpc) is 2.77. The van der Waals surface area contributed by atoms with Crippen molar-refractivity contribution in [2.75, 3.05) is 7.05 Å². The first-order valence-corrected chi connectivity index (χ1v) is 6.28. The van der Waals surface area contributed by atoms with Gasteiger partial charge in [0.2, 0.25) is 5.89 Å².